The Balaban J connectivity index is 2.08. The molecule has 1 aliphatic rings. The van der Waals surface area contributed by atoms with Crippen LogP contribution in [0.3, 0.4) is 0 Å². The maximum atomic E-state index is 13.8. The molecule has 2 rings (SSSR count). The van der Waals surface area contributed by atoms with E-state index in [-0.39, 0.29) is 11.7 Å². The predicted molar refractivity (Wildman–Crippen MR) is 75.4 cm³/mol. The summed E-state index contributed by atoms with van der Waals surface area (Å²) in [6.45, 7) is 2.99. The number of halogens is 2. The monoisotopic (exact) mass is 300 g/mol. The Morgan fingerprint density at radius 3 is 2.52 bits per heavy atom. The first kappa shape index (κ1) is 15.6. The number of nitro benzene ring substituents is 1. The number of hydrogen-bond acceptors (Lipinski definition) is 5. The number of nitro groups is 1. The van der Waals surface area contributed by atoms with Crippen LogP contribution in [0.1, 0.15) is 0 Å². The highest BCUT2D eigenvalue weighted by Crippen LogP contribution is 2.25. The molecule has 1 unspecified atom stereocenters. The third-order valence-corrected chi connectivity index (χ3v) is 3.73. The number of nitrogens with one attached hydrogen (secondary N) is 1. The highest BCUT2D eigenvalue weighted by atomic mass is 19.1. The van der Waals surface area contributed by atoms with E-state index in [9.17, 15) is 18.9 Å². The molecule has 6 nitrogen and oxygen atoms in total. The van der Waals surface area contributed by atoms with Crippen LogP contribution in [0.25, 0.3) is 0 Å². The van der Waals surface area contributed by atoms with Crippen molar-refractivity contribution in [1.29, 1.82) is 0 Å². The van der Waals surface area contributed by atoms with E-state index in [1.807, 2.05) is 14.1 Å². The van der Waals surface area contributed by atoms with Gasteiger partial charge in [0.25, 0.3) is 5.69 Å². The molecule has 1 saturated heterocycles. The van der Waals surface area contributed by atoms with Crippen LogP contribution in [0.15, 0.2) is 12.1 Å². The van der Waals surface area contributed by atoms with Crippen LogP contribution < -0.4 is 5.32 Å². The molecule has 1 N–H and O–H groups in total. The first-order valence-electron chi connectivity index (χ1n) is 6.64. The molecule has 0 saturated carbocycles. The second-order valence-electron chi connectivity index (χ2n) is 5.32. The Labute approximate surface area is 121 Å². The fraction of sp³-hybridized carbons (Fsp3) is 0.538. The molecular weight excluding hydrogens is 282 g/mol. The highest BCUT2D eigenvalue weighted by molar-refractivity contribution is 5.51. The van der Waals surface area contributed by atoms with Gasteiger partial charge in [-0.1, -0.05) is 0 Å². The van der Waals surface area contributed by atoms with Gasteiger partial charge in [-0.05, 0) is 14.1 Å². The van der Waals surface area contributed by atoms with Gasteiger partial charge in [-0.25, -0.2) is 8.78 Å². The van der Waals surface area contributed by atoms with Crippen LogP contribution in [0.2, 0.25) is 0 Å². The normalized spacial score (nSPS) is 20.5. The molecule has 0 amide bonds. The fourth-order valence-electron chi connectivity index (χ4n) is 2.38. The standard InChI is InChI=1S/C13H18F2N4O2/c1-17-3-4-18(2)10(8-17)7-16-13-11(14)5-9(19(20)21)6-12(13)15/h5-6,10,16H,3-4,7-8H2,1-2H3. The second kappa shape index (κ2) is 6.31. The van der Waals surface area contributed by atoms with E-state index in [0.29, 0.717) is 6.54 Å². The molecule has 0 bridgehead atoms. The summed E-state index contributed by atoms with van der Waals surface area (Å²) in [5.41, 5.74) is -0.910. The Hall–Kier alpha value is -1.80. The molecule has 8 heteroatoms. The van der Waals surface area contributed by atoms with Crippen molar-refractivity contribution in [2.75, 3.05) is 45.6 Å². The minimum atomic E-state index is -0.950. The maximum absolute atomic E-state index is 13.8. The molecule has 0 spiro atoms. The number of hydrogen-bond donors (Lipinski definition) is 1. The lowest BCUT2D eigenvalue weighted by atomic mass is 10.1. The molecule has 21 heavy (non-hydrogen) atoms. The van der Waals surface area contributed by atoms with E-state index in [1.165, 1.54) is 0 Å². The molecule has 116 valence electrons. The van der Waals surface area contributed by atoms with E-state index in [1.54, 1.807) is 0 Å². The van der Waals surface area contributed by atoms with Crippen molar-refractivity contribution in [2.24, 2.45) is 0 Å². The molecule has 1 fully saturated rings. The van der Waals surface area contributed by atoms with Gasteiger partial charge in [0, 0.05) is 32.2 Å². The van der Waals surface area contributed by atoms with E-state index in [2.05, 4.69) is 15.1 Å². The topological polar surface area (TPSA) is 61.6 Å². The largest absolute Gasteiger partial charge is 0.379 e. The molecule has 0 aliphatic carbocycles. The molecule has 1 aromatic carbocycles. The number of rotatable bonds is 4. The molecule has 1 aromatic rings. The van der Waals surface area contributed by atoms with Crippen LogP contribution in [0.5, 0.6) is 0 Å². The number of likely N-dealkylation sites (N-methyl/N-ethyl adjacent to an activating group) is 2. The minimum absolute atomic E-state index is 0.123. The summed E-state index contributed by atoms with van der Waals surface area (Å²) in [5, 5.41) is 13.3. The second-order valence-corrected chi connectivity index (χ2v) is 5.32. The molecular formula is C13H18F2N4O2. The zero-order chi connectivity index (χ0) is 15.6. The quantitative estimate of drug-likeness (QED) is 0.675. The van der Waals surface area contributed by atoms with Gasteiger partial charge < -0.3 is 10.2 Å². The zero-order valence-corrected chi connectivity index (χ0v) is 12.0. The summed E-state index contributed by atoms with van der Waals surface area (Å²) in [7, 11) is 3.95. The van der Waals surface area contributed by atoms with Crippen LogP contribution >= 0.6 is 0 Å². The van der Waals surface area contributed by atoms with Gasteiger partial charge in [-0.2, -0.15) is 0 Å². The lowest BCUT2D eigenvalue weighted by molar-refractivity contribution is -0.385. The van der Waals surface area contributed by atoms with E-state index >= 15 is 0 Å². The smallest absolute Gasteiger partial charge is 0.275 e. The number of non-ortho nitro benzene ring substituents is 1. The van der Waals surface area contributed by atoms with Gasteiger partial charge in [0.05, 0.1) is 17.1 Å². The molecule has 1 heterocycles. The van der Waals surface area contributed by atoms with Gasteiger partial charge in [-0.3, -0.25) is 15.0 Å². The average molecular weight is 300 g/mol. The van der Waals surface area contributed by atoms with Crippen molar-refractivity contribution in [3.63, 3.8) is 0 Å². The third kappa shape index (κ3) is 3.64. The summed E-state index contributed by atoms with van der Waals surface area (Å²) in [6.07, 6.45) is 0. The summed E-state index contributed by atoms with van der Waals surface area (Å²) >= 11 is 0. The summed E-state index contributed by atoms with van der Waals surface area (Å²) in [6, 6.07) is 1.57. The van der Waals surface area contributed by atoms with Crippen LogP contribution in [0.4, 0.5) is 20.2 Å². The van der Waals surface area contributed by atoms with Crippen molar-refractivity contribution in [3.05, 3.63) is 33.9 Å². The Morgan fingerprint density at radius 2 is 1.95 bits per heavy atom. The van der Waals surface area contributed by atoms with Crippen LogP contribution in [-0.2, 0) is 0 Å². The summed E-state index contributed by atoms with van der Waals surface area (Å²) in [4.78, 5) is 14.0. The fourth-order valence-corrected chi connectivity index (χ4v) is 2.38. The number of piperazine rings is 1. The third-order valence-electron chi connectivity index (χ3n) is 3.73. The van der Waals surface area contributed by atoms with Crippen molar-refractivity contribution in [1.82, 2.24) is 9.80 Å². The zero-order valence-electron chi connectivity index (χ0n) is 12.0. The summed E-state index contributed by atoms with van der Waals surface area (Å²) < 4.78 is 27.5. The number of anilines is 1. The van der Waals surface area contributed by atoms with Gasteiger partial charge in [-0.15, -0.1) is 0 Å². The lowest BCUT2D eigenvalue weighted by Crippen LogP contribution is -2.52. The van der Waals surface area contributed by atoms with Crippen molar-refractivity contribution < 1.29 is 13.7 Å². The van der Waals surface area contributed by atoms with E-state index < -0.39 is 22.2 Å². The van der Waals surface area contributed by atoms with Crippen LogP contribution in [0, 0.1) is 21.7 Å². The molecule has 0 radical (unpaired) electrons. The highest BCUT2D eigenvalue weighted by Gasteiger charge is 2.23. The van der Waals surface area contributed by atoms with Gasteiger partial charge in [0.15, 0.2) is 11.6 Å². The van der Waals surface area contributed by atoms with Gasteiger partial charge in [0.1, 0.15) is 5.69 Å². The number of benzene rings is 1. The maximum Gasteiger partial charge on any atom is 0.275 e. The Bertz CT molecular complexity index is 518. The number of nitrogens with zero attached hydrogens (tertiary/aromatic N) is 3. The molecule has 1 aliphatic heterocycles. The first-order valence-corrected chi connectivity index (χ1v) is 6.64. The van der Waals surface area contributed by atoms with Crippen molar-refractivity contribution in [3.8, 4) is 0 Å². The first-order chi connectivity index (χ1) is 9.88. The van der Waals surface area contributed by atoms with E-state index in [4.69, 9.17) is 0 Å². The van der Waals surface area contributed by atoms with Gasteiger partial charge in [0.2, 0.25) is 0 Å². The predicted octanol–water partition coefficient (Wildman–Crippen LogP) is 1.53. The SMILES string of the molecule is CN1CCN(C)C(CNc2c(F)cc([N+](=O)[O-])cc2F)C1. The summed E-state index contributed by atoms with van der Waals surface area (Å²) in [5.74, 6) is -1.90. The van der Waals surface area contributed by atoms with E-state index in [0.717, 1.165) is 31.8 Å². The molecule has 0 aromatic heterocycles. The lowest BCUT2D eigenvalue weighted by Gasteiger charge is -2.37. The van der Waals surface area contributed by atoms with Crippen molar-refractivity contribution >= 4 is 11.4 Å². The van der Waals surface area contributed by atoms with Gasteiger partial charge >= 0.3 is 0 Å². The Kier molecular flexibility index (Phi) is 4.69. The minimum Gasteiger partial charge on any atom is -0.379 e. The average Bonchev–Trinajstić information content (AvgIpc) is 2.41. The van der Waals surface area contributed by atoms with Crippen LogP contribution in [-0.4, -0.2) is 61.0 Å². The van der Waals surface area contributed by atoms with Crippen molar-refractivity contribution in [2.45, 2.75) is 6.04 Å². The molecule has 1 atom stereocenters. The Morgan fingerprint density at radius 1 is 1.33 bits per heavy atom.